The summed E-state index contributed by atoms with van der Waals surface area (Å²) >= 11 is 5.97. The van der Waals surface area contributed by atoms with Crippen LogP contribution in [0.5, 0.6) is 0 Å². The molecule has 0 radical (unpaired) electrons. The third kappa shape index (κ3) is 3.28. The Morgan fingerprint density at radius 1 is 1.07 bits per heavy atom. The second kappa shape index (κ2) is 6.77. The van der Waals surface area contributed by atoms with Crippen LogP contribution in [0.4, 0.5) is 0 Å². The van der Waals surface area contributed by atoms with E-state index in [0.29, 0.717) is 22.9 Å². The number of nitrogens with zero attached hydrogens (tertiary/aromatic N) is 2. The zero-order chi connectivity index (χ0) is 18.3. The van der Waals surface area contributed by atoms with Crippen LogP contribution in [0.2, 0.25) is 5.02 Å². The number of hydrogen-bond donors (Lipinski definition) is 1. The van der Waals surface area contributed by atoms with Gasteiger partial charge in [0.05, 0.1) is 0 Å². The average Bonchev–Trinajstić information content (AvgIpc) is 3.28. The molecule has 1 heterocycles. The summed E-state index contributed by atoms with van der Waals surface area (Å²) in [6, 6.07) is 18.9. The normalized spacial score (nSPS) is 23.0. The molecule has 5 heteroatoms. The molecule has 0 unspecified atom stereocenters. The molecule has 2 saturated carbocycles. The topological polar surface area (TPSA) is 51.0 Å². The number of benzene rings is 2. The van der Waals surface area contributed by atoms with Crippen LogP contribution in [0.3, 0.4) is 0 Å². The van der Waals surface area contributed by atoms with E-state index >= 15 is 0 Å². The lowest BCUT2D eigenvalue weighted by molar-refractivity contribution is 0.211. The minimum atomic E-state index is 0.0119. The van der Waals surface area contributed by atoms with E-state index in [1.807, 2.05) is 24.3 Å². The fraction of sp³-hybridized carbons (Fsp3) is 0.364. The van der Waals surface area contributed by atoms with Crippen LogP contribution in [0.15, 0.2) is 59.1 Å². The van der Waals surface area contributed by atoms with Crippen LogP contribution < -0.4 is 5.32 Å². The highest BCUT2D eigenvalue weighted by atomic mass is 35.5. The van der Waals surface area contributed by atoms with Crippen LogP contribution in [0.25, 0.3) is 11.5 Å². The first-order valence-electron chi connectivity index (χ1n) is 9.62. The van der Waals surface area contributed by atoms with Gasteiger partial charge in [-0.05, 0) is 49.1 Å². The van der Waals surface area contributed by atoms with Gasteiger partial charge >= 0.3 is 0 Å². The standard InChI is InChI=1S/C22H22ClN3O/c23-17-9-7-16(8-10-17)20-25-21(26-27-20)22(11-4-12-22)14-24-19-13-18(19)15-5-2-1-3-6-15/h1-3,5-10,18-19,24H,4,11-14H2/t18-,19+/m1/s1. The van der Waals surface area contributed by atoms with E-state index in [4.69, 9.17) is 21.1 Å². The van der Waals surface area contributed by atoms with Gasteiger partial charge in [0.2, 0.25) is 0 Å². The first-order chi connectivity index (χ1) is 13.2. The second-order valence-electron chi connectivity index (χ2n) is 7.80. The van der Waals surface area contributed by atoms with Gasteiger partial charge in [-0.15, -0.1) is 0 Å². The summed E-state index contributed by atoms with van der Waals surface area (Å²) in [6.07, 6.45) is 4.66. The number of aromatic nitrogens is 2. The van der Waals surface area contributed by atoms with Crippen molar-refractivity contribution in [2.75, 3.05) is 6.54 Å². The van der Waals surface area contributed by atoms with Gasteiger partial charge in [0.15, 0.2) is 5.82 Å². The summed E-state index contributed by atoms with van der Waals surface area (Å²) in [5.41, 5.74) is 2.35. The number of rotatable bonds is 6. The summed E-state index contributed by atoms with van der Waals surface area (Å²) in [7, 11) is 0. The summed E-state index contributed by atoms with van der Waals surface area (Å²) in [5.74, 6) is 2.04. The molecule has 27 heavy (non-hydrogen) atoms. The number of halogens is 1. The van der Waals surface area contributed by atoms with E-state index in [2.05, 4.69) is 40.8 Å². The van der Waals surface area contributed by atoms with Gasteiger partial charge in [-0.25, -0.2) is 0 Å². The Labute approximate surface area is 163 Å². The van der Waals surface area contributed by atoms with Crippen molar-refractivity contribution in [1.29, 1.82) is 0 Å². The monoisotopic (exact) mass is 379 g/mol. The molecule has 138 valence electrons. The third-order valence-electron chi connectivity index (χ3n) is 6.02. The molecule has 2 aromatic carbocycles. The average molecular weight is 380 g/mol. The zero-order valence-electron chi connectivity index (χ0n) is 15.1. The van der Waals surface area contributed by atoms with E-state index in [-0.39, 0.29) is 5.41 Å². The fourth-order valence-electron chi connectivity index (χ4n) is 4.05. The molecular weight excluding hydrogens is 358 g/mol. The third-order valence-corrected chi connectivity index (χ3v) is 6.27. The van der Waals surface area contributed by atoms with Crippen molar-refractivity contribution in [3.63, 3.8) is 0 Å². The lowest BCUT2D eigenvalue weighted by Crippen LogP contribution is -2.45. The maximum absolute atomic E-state index is 5.97. The number of hydrogen-bond acceptors (Lipinski definition) is 4. The fourth-order valence-corrected chi connectivity index (χ4v) is 4.17. The van der Waals surface area contributed by atoms with Crippen molar-refractivity contribution in [1.82, 2.24) is 15.5 Å². The largest absolute Gasteiger partial charge is 0.334 e. The smallest absolute Gasteiger partial charge is 0.257 e. The molecule has 2 fully saturated rings. The highest BCUT2D eigenvalue weighted by molar-refractivity contribution is 6.30. The Bertz CT molecular complexity index is 918. The maximum atomic E-state index is 5.97. The lowest BCUT2D eigenvalue weighted by Gasteiger charge is -2.39. The minimum Gasteiger partial charge on any atom is -0.334 e. The van der Waals surface area contributed by atoms with Gasteiger partial charge < -0.3 is 9.84 Å². The molecule has 2 aliphatic rings. The molecule has 0 spiro atoms. The van der Waals surface area contributed by atoms with E-state index in [9.17, 15) is 0 Å². The Hall–Kier alpha value is -2.17. The molecule has 1 aromatic heterocycles. The highest BCUT2D eigenvalue weighted by Crippen LogP contribution is 2.45. The van der Waals surface area contributed by atoms with Gasteiger partial charge in [0.1, 0.15) is 0 Å². The van der Waals surface area contributed by atoms with Crippen molar-refractivity contribution in [3.8, 4) is 11.5 Å². The summed E-state index contributed by atoms with van der Waals surface area (Å²) in [6.45, 7) is 0.917. The Morgan fingerprint density at radius 2 is 1.85 bits per heavy atom. The van der Waals surface area contributed by atoms with Crippen molar-refractivity contribution >= 4 is 11.6 Å². The van der Waals surface area contributed by atoms with Crippen molar-refractivity contribution in [2.45, 2.75) is 43.1 Å². The molecular formula is C22H22ClN3O. The lowest BCUT2D eigenvalue weighted by atomic mass is 9.68. The first kappa shape index (κ1) is 17.0. The second-order valence-corrected chi connectivity index (χ2v) is 8.24. The Balaban J connectivity index is 1.27. The van der Waals surface area contributed by atoms with E-state index < -0.39 is 0 Å². The zero-order valence-corrected chi connectivity index (χ0v) is 15.8. The van der Waals surface area contributed by atoms with Crippen LogP contribution >= 0.6 is 11.6 Å². The van der Waals surface area contributed by atoms with Crippen LogP contribution in [0, 0.1) is 0 Å². The molecule has 5 rings (SSSR count). The van der Waals surface area contributed by atoms with E-state index in [1.165, 1.54) is 18.4 Å². The molecule has 4 nitrogen and oxygen atoms in total. The first-order valence-corrected chi connectivity index (χ1v) is 10.00. The summed E-state index contributed by atoms with van der Waals surface area (Å²) < 4.78 is 5.55. The van der Waals surface area contributed by atoms with Gasteiger partial charge in [0.25, 0.3) is 5.89 Å². The van der Waals surface area contributed by atoms with Gasteiger partial charge in [-0.2, -0.15) is 4.98 Å². The molecule has 2 aliphatic carbocycles. The Kier molecular flexibility index (Phi) is 4.25. The van der Waals surface area contributed by atoms with Crippen LogP contribution in [-0.2, 0) is 5.41 Å². The minimum absolute atomic E-state index is 0.0119. The predicted octanol–water partition coefficient (Wildman–Crippen LogP) is 4.96. The highest BCUT2D eigenvalue weighted by Gasteiger charge is 2.46. The van der Waals surface area contributed by atoms with Crippen LogP contribution in [0.1, 0.15) is 43.0 Å². The van der Waals surface area contributed by atoms with E-state index in [1.54, 1.807) is 0 Å². The van der Waals surface area contributed by atoms with Gasteiger partial charge in [-0.3, -0.25) is 0 Å². The van der Waals surface area contributed by atoms with Gasteiger partial charge in [-0.1, -0.05) is 53.5 Å². The molecule has 0 saturated heterocycles. The quantitative estimate of drug-likeness (QED) is 0.657. The molecule has 0 amide bonds. The number of nitrogens with one attached hydrogen (secondary N) is 1. The maximum Gasteiger partial charge on any atom is 0.257 e. The molecule has 0 aliphatic heterocycles. The van der Waals surface area contributed by atoms with Crippen molar-refractivity contribution in [2.24, 2.45) is 0 Å². The predicted molar refractivity (Wildman–Crippen MR) is 106 cm³/mol. The van der Waals surface area contributed by atoms with E-state index in [0.717, 1.165) is 30.8 Å². The molecule has 3 aromatic rings. The molecule has 1 N–H and O–H groups in total. The molecule has 0 bridgehead atoms. The summed E-state index contributed by atoms with van der Waals surface area (Å²) in [4.78, 5) is 4.72. The Morgan fingerprint density at radius 3 is 2.56 bits per heavy atom. The van der Waals surface area contributed by atoms with Crippen LogP contribution in [-0.4, -0.2) is 22.7 Å². The van der Waals surface area contributed by atoms with Gasteiger partial charge in [0, 0.05) is 34.5 Å². The molecule has 2 atom stereocenters. The SMILES string of the molecule is Clc1ccc(-c2nc(C3(CN[C@H]4C[C@@H]4c4ccccc4)CCC3)no2)cc1. The van der Waals surface area contributed by atoms with Crippen molar-refractivity contribution < 1.29 is 4.52 Å². The summed E-state index contributed by atoms with van der Waals surface area (Å²) in [5, 5.41) is 8.79. The van der Waals surface area contributed by atoms with Crippen molar-refractivity contribution in [3.05, 3.63) is 71.0 Å².